The van der Waals surface area contributed by atoms with Gasteiger partial charge in [0.05, 0.1) is 30.1 Å². The third-order valence-corrected chi connectivity index (χ3v) is 11.5. The number of anilines is 1. The molecule has 0 bridgehead atoms. The number of nitrogens with zero attached hydrogens (tertiary/aromatic N) is 2. The van der Waals surface area contributed by atoms with Crippen LogP contribution in [0, 0.1) is 30.6 Å². The molecule has 3 fully saturated rings. The molecule has 2 aliphatic heterocycles. The van der Waals surface area contributed by atoms with Gasteiger partial charge in [-0.3, -0.25) is 24.1 Å². The molecule has 0 radical (unpaired) electrons. The van der Waals surface area contributed by atoms with Crippen molar-refractivity contribution in [3.8, 4) is 11.5 Å². The number of benzene rings is 2. The average Bonchev–Trinajstić information content (AvgIpc) is 3.32. The molecule has 6 atom stereocenters. The fraction of sp³-hybridized carbons (Fsp3) is 0.355. The number of aryl methyl sites for hydroxylation is 1. The Morgan fingerprint density at radius 3 is 2.49 bits per heavy atom. The van der Waals surface area contributed by atoms with Gasteiger partial charge in [-0.25, -0.2) is 4.90 Å². The number of imide groups is 2. The van der Waals surface area contributed by atoms with Crippen LogP contribution in [-0.4, -0.2) is 55.9 Å². The predicted molar refractivity (Wildman–Crippen MR) is 166 cm³/mol. The van der Waals surface area contributed by atoms with Crippen molar-refractivity contribution in [2.75, 3.05) is 17.5 Å². The van der Waals surface area contributed by atoms with Crippen LogP contribution in [0.15, 0.2) is 54.1 Å². The third kappa shape index (κ3) is 4.22. The molecule has 12 heteroatoms. The zero-order valence-electron chi connectivity index (χ0n) is 23.0. The average molecular weight is 709 g/mol. The molecule has 0 unspecified atom stereocenters. The first-order chi connectivity index (χ1) is 20.4. The topological polar surface area (TPSA) is 104 Å². The number of phenolic OH excluding ortho intramolecular Hbond substituents is 1. The van der Waals surface area contributed by atoms with E-state index in [1.54, 1.807) is 42.5 Å². The van der Waals surface area contributed by atoms with Gasteiger partial charge in [0, 0.05) is 10.9 Å². The van der Waals surface area contributed by atoms with E-state index in [0.717, 1.165) is 10.5 Å². The Balaban J connectivity index is 1.46. The van der Waals surface area contributed by atoms with E-state index in [9.17, 15) is 24.3 Å². The Kier molecular flexibility index (Phi) is 7.48. The number of fused-ring (bicyclic) bond motifs is 4. The molecule has 43 heavy (non-hydrogen) atoms. The van der Waals surface area contributed by atoms with Gasteiger partial charge in [0.25, 0.3) is 11.8 Å². The van der Waals surface area contributed by atoms with Gasteiger partial charge >= 0.3 is 0 Å². The molecule has 8 nitrogen and oxygen atoms in total. The molecular formula is C31H26BrCl3N2O6. The molecule has 2 aromatic carbocycles. The molecule has 2 heterocycles. The lowest BCUT2D eigenvalue weighted by molar-refractivity contribution is -0.138. The quantitative estimate of drug-likeness (QED) is 0.182. The Morgan fingerprint density at radius 1 is 1.07 bits per heavy atom. The summed E-state index contributed by atoms with van der Waals surface area (Å²) >= 11 is 23.9. The number of amides is 4. The smallest absolute Gasteiger partial charge is 0.254 e. The number of halogens is 4. The first kappa shape index (κ1) is 30.2. The lowest BCUT2D eigenvalue weighted by Gasteiger charge is -2.49. The van der Waals surface area contributed by atoms with Gasteiger partial charge in [0.1, 0.15) is 0 Å². The van der Waals surface area contributed by atoms with Crippen molar-refractivity contribution in [1.82, 2.24) is 4.90 Å². The maximum Gasteiger partial charge on any atom is 0.254 e. The van der Waals surface area contributed by atoms with E-state index >= 15 is 0 Å². The summed E-state index contributed by atoms with van der Waals surface area (Å²) in [5.41, 5.74) is 2.39. The normalized spacial score (nSPS) is 31.8. The minimum atomic E-state index is -1.89. The van der Waals surface area contributed by atoms with E-state index in [-0.39, 0.29) is 35.7 Å². The summed E-state index contributed by atoms with van der Waals surface area (Å²) in [7, 11) is 1.43. The molecule has 4 amide bonds. The van der Waals surface area contributed by atoms with Crippen LogP contribution in [0.5, 0.6) is 11.5 Å². The molecule has 2 aromatic rings. The minimum absolute atomic E-state index is 0.0413. The van der Waals surface area contributed by atoms with Crippen molar-refractivity contribution >= 4 is 86.1 Å². The molecule has 2 saturated heterocycles. The van der Waals surface area contributed by atoms with Gasteiger partial charge < -0.3 is 9.84 Å². The number of rotatable bonds is 5. The Labute approximate surface area is 271 Å². The Hall–Kier alpha value is -2.85. The number of allylic oxidation sites excluding steroid dienone is 3. The SMILES string of the molecule is COc1cc(C=C[C@H]2C3=CC[C@@H]4C(=O)N(c5ccc(C)c(Cl)c5)C(=O)[C@@H]4[C@@H]3C[C@@]3(Cl)C(=O)N(CBr)C(=O)[C@@]23Cl)ccc1O. The molecule has 6 rings (SSSR count). The van der Waals surface area contributed by atoms with Crippen LogP contribution in [0.25, 0.3) is 6.08 Å². The van der Waals surface area contributed by atoms with E-state index in [1.165, 1.54) is 18.1 Å². The monoisotopic (exact) mass is 706 g/mol. The highest BCUT2D eigenvalue weighted by molar-refractivity contribution is 9.09. The van der Waals surface area contributed by atoms with Crippen molar-refractivity contribution < 1.29 is 29.0 Å². The second-order valence-corrected chi connectivity index (χ2v) is 13.4. The standard InChI is InChI=1S/C31H26BrCl3N2O6/c1-15-3-6-17(12-22(15)33)37-26(39)19-8-7-18-20(25(19)27(37)40)13-30(34)28(41)36(14-32)29(42)31(30,35)21(18)9-4-16-5-10-23(38)24(11-16)43-2/h3-7,9-12,19-21,25,38H,8,13-14H2,1-2H3/t19-,20+,21-,25-,30+,31-/m0/s1. The number of carbonyl (C=O) groups is 4. The second kappa shape index (κ2) is 10.6. The molecule has 0 spiro atoms. The van der Waals surface area contributed by atoms with Gasteiger partial charge in [0.15, 0.2) is 21.2 Å². The van der Waals surface area contributed by atoms with Crippen LogP contribution in [0.1, 0.15) is 24.0 Å². The minimum Gasteiger partial charge on any atom is -0.504 e. The first-order valence-electron chi connectivity index (χ1n) is 13.6. The zero-order valence-corrected chi connectivity index (χ0v) is 26.9. The summed E-state index contributed by atoms with van der Waals surface area (Å²) in [5.74, 6) is -4.86. The molecule has 0 aromatic heterocycles. The van der Waals surface area contributed by atoms with Crippen LogP contribution >= 0.6 is 50.7 Å². The van der Waals surface area contributed by atoms with E-state index in [0.29, 0.717) is 21.8 Å². The highest BCUT2D eigenvalue weighted by Crippen LogP contribution is 2.63. The molecular weight excluding hydrogens is 683 g/mol. The summed E-state index contributed by atoms with van der Waals surface area (Å²) in [4.78, 5) is 53.6. The number of hydrogen-bond acceptors (Lipinski definition) is 6. The number of alkyl halides is 3. The Morgan fingerprint density at radius 2 is 1.81 bits per heavy atom. The third-order valence-electron chi connectivity index (χ3n) is 9.17. The fourth-order valence-electron chi connectivity index (χ4n) is 6.98. The van der Waals surface area contributed by atoms with Crippen LogP contribution in [-0.2, 0) is 19.2 Å². The van der Waals surface area contributed by atoms with Crippen molar-refractivity contribution in [3.05, 3.63) is 70.3 Å². The summed E-state index contributed by atoms with van der Waals surface area (Å²) < 4.78 is 5.22. The van der Waals surface area contributed by atoms with Gasteiger partial charge in [-0.2, -0.15) is 0 Å². The zero-order chi connectivity index (χ0) is 31.0. The van der Waals surface area contributed by atoms with E-state index in [2.05, 4.69) is 15.9 Å². The largest absolute Gasteiger partial charge is 0.504 e. The second-order valence-electron chi connectivity index (χ2n) is 11.3. The van der Waals surface area contributed by atoms with Gasteiger partial charge in [-0.1, -0.05) is 63.5 Å². The van der Waals surface area contributed by atoms with Crippen molar-refractivity contribution in [2.45, 2.75) is 29.5 Å². The summed E-state index contributed by atoms with van der Waals surface area (Å²) in [6.45, 7) is 1.83. The predicted octanol–water partition coefficient (Wildman–Crippen LogP) is 5.82. The fourth-order valence-corrected chi connectivity index (χ4v) is 8.54. The summed E-state index contributed by atoms with van der Waals surface area (Å²) in [6, 6.07) is 9.77. The van der Waals surface area contributed by atoms with Crippen LogP contribution in [0.2, 0.25) is 5.02 Å². The van der Waals surface area contributed by atoms with Crippen molar-refractivity contribution in [3.63, 3.8) is 0 Å². The Bertz CT molecular complexity index is 1660. The number of likely N-dealkylation sites (tertiary alicyclic amines) is 1. The first-order valence-corrected chi connectivity index (χ1v) is 15.8. The van der Waals surface area contributed by atoms with Gasteiger partial charge in [-0.15, -0.1) is 23.2 Å². The molecule has 4 aliphatic rings. The highest BCUT2D eigenvalue weighted by Gasteiger charge is 2.75. The number of methoxy groups -OCH3 is 1. The maximum atomic E-state index is 14.1. The lowest BCUT2D eigenvalue weighted by atomic mass is 9.57. The number of aromatic hydroxyl groups is 1. The molecule has 1 N–H and O–H groups in total. The summed E-state index contributed by atoms with van der Waals surface area (Å²) in [6.07, 6.45) is 5.43. The van der Waals surface area contributed by atoms with Crippen molar-refractivity contribution in [2.24, 2.45) is 23.7 Å². The van der Waals surface area contributed by atoms with Crippen molar-refractivity contribution in [1.29, 1.82) is 0 Å². The summed E-state index contributed by atoms with van der Waals surface area (Å²) in [5, 5.41) is 10.5. The molecule has 2 aliphatic carbocycles. The maximum absolute atomic E-state index is 14.1. The van der Waals surface area contributed by atoms with Crippen LogP contribution < -0.4 is 9.64 Å². The number of carbonyl (C=O) groups excluding carboxylic acids is 4. The molecule has 224 valence electrons. The van der Waals surface area contributed by atoms with Gasteiger partial charge in [0.2, 0.25) is 11.8 Å². The van der Waals surface area contributed by atoms with E-state index in [1.807, 2.05) is 13.0 Å². The van der Waals surface area contributed by atoms with E-state index < -0.39 is 51.1 Å². The highest BCUT2D eigenvalue weighted by atomic mass is 79.9. The van der Waals surface area contributed by atoms with E-state index in [4.69, 9.17) is 39.5 Å². The number of ether oxygens (including phenoxy) is 1. The van der Waals surface area contributed by atoms with Crippen LogP contribution in [0.4, 0.5) is 5.69 Å². The lowest BCUT2D eigenvalue weighted by Crippen LogP contribution is -2.60. The molecule has 1 saturated carbocycles. The van der Waals surface area contributed by atoms with Gasteiger partial charge in [-0.05, 0) is 61.1 Å². The van der Waals surface area contributed by atoms with Crippen LogP contribution in [0.3, 0.4) is 0 Å². The number of phenols is 1. The number of hydrogen-bond donors (Lipinski definition) is 1.